The van der Waals surface area contributed by atoms with Crippen LogP contribution in [0.15, 0.2) is 182 Å². The van der Waals surface area contributed by atoms with E-state index in [1.807, 2.05) is 115 Å². The van der Waals surface area contributed by atoms with Crippen molar-refractivity contribution in [1.29, 1.82) is 0 Å². The van der Waals surface area contributed by atoms with Gasteiger partial charge in [-0.2, -0.15) is 0 Å². The first kappa shape index (κ1) is 32.9. The summed E-state index contributed by atoms with van der Waals surface area (Å²) in [5.74, 6) is 1.98. The predicted octanol–water partition coefficient (Wildman–Crippen LogP) is 11.3. The second-order valence-electron chi connectivity index (χ2n) is 13.3. The molecule has 264 valence electrons. The zero-order chi connectivity index (χ0) is 37.4. The highest BCUT2D eigenvalue weighted by atomic mass is 19.1. The molecule has 0 spiro atoms. The fourth-order valence-corrected chi connectivity index (χ4v) is 7.08. The number of hydrogen-bond donors (Lipinski definition) is 0. The van der Waals surface area contributed by atoms with Gasteiger partial charge in [0, 0.05) is 44.3 Å². The van der Waals surface area contributed by atoms with E-state index in [9.17, 15) is 0 Å². The van der Waals surface area contributed by atoms with E-state index >= 15 is 4.39 Å². The number of fused-ring (bicyclic) bond motifs is 3. The Hall–Kier alpha value is -7.71. The van der Waals surface area contributed by atoms with Gasteiger partial charge in [-0.1, -0.05) is 140 Å². The maximum absolute atomic E-state index is 16.1. The second kappa shape index (κ2) is 13.9. The van der Waals surface area contributed by atoms with Gasteiger partial charge in [-0.15, -0.1) is 0 Å². The van der Waals surface area contributed by atoms with Crippen LogP contribution < -0.4 is 0 Å². The minimum atomic E-state index is -0.481. The molecule has 7 aromatic carbocycles. The Morgan fingerprint density at radius 2 is 0.732 bits per heavy atom. The topological polar surface area (TPSA) is 82.3 Å². The lowest BCUT2D eigenvalue weighted by atomic mass is 10.1. The number of rotatable bonds is 7. The largest absolute Gasteiger partial charge is 0.309 e. The third-order valence-electron chi connectivity index (χ3n) is 9.78. The Balaban J connectivity index is 1.15. The molecule has 0 amide bonds. The van der Waals surface area contributed by atoms with Crippen LogP contribution >= 0.6 is 0 Å². The van der Waals surface area contributed by atoms with Crippen LogP contribution in [0.2, 0.25) is 0 Å². The highest BCUT2D eigenvalue weighted by Gasteiger charge is 2.20. The van der Waals surface area contributed by atoms with Crippen LogP contribution in [0.4, 0.5) is 4.39 Å². The van der Waals surface area contributed by atoms with E-state index in [2.05, 4.69) is 53.1 Å². The van der Waals surface area contributed by atoms with Gasteiger partial charge in [0.25, 0.3) is 0 Å². The van der Waals surface area contributed by atoms with E-state index in [1.165, 1.54) is 6.07 Å². The summed E-state index contributed by atoms with van der Waals surface area (Å²) in [7, 11) is 0. The molecule has 0 fully saturated rings. The normalized spacial score (nSPS) is 11.3. The van der Waals surface area contributed by atoms with E-state index in [0.717, 1.165) is 49.7 Å². The summed E-state index contributed by atoms with van der Waals surface area (Å²) in [5.41, 5.74) is 7.17. The number of halogens is 1. The maximum Gasteiger partial charge on any atom is 0.167 e. The molecule has 0 aliphatic rings. The fourth-order valence-electron chi connectivity index (χ4n) is 7.08. The van der Waals surface area contributed by atoms with Crippen LogP contribution in [0.3, 0.4) is 0 Å². The van der Waals surface area contributed by atoms with Crippen LogP contribution in [0.25, 0.3) is 95.8 Å². The Kier molecular flexibility index (Phi) is 8.18. The van der Waals surface area contributed by atoms with Crippen LogP contribution in [0.5, 0.6) is 0 Å². The number of hydrogen-bond acceptors (Lipinski definition) is 6. The average Bonchev–Trinajstić information content (AvgIpc) is 3.61. The van der Waals surface area contributed by atoms with Crippen molar-refractivity contribution in [3.05, 3.63) is 188 Å². The highest BCUT2D eigenvalue weighted by molar-refractivity contribution is 6.10. The molecule has 0 aliphatic carbocycles. The second-order valence-corrected chi connectivity index (χ2v) is 13.3. The lowest BCUT2D eigenvalue weighted by molar-refractivity contribution is 0.630. The molecular formula is C48H30FN7. The van der Waals surface area contributed by atoms with E-state index < -0.39 is 5.82 Å². The molecule has 0 bridgehead atoms. The molecule has 10 rings (SSSR count). The van der Waals surface area contributed by atoms with E-state index in [1.54, 1.807) is 12.1 Å². The van der Waals surface area contributed by atoms with E-state index in [4.69, 9.17) is 29.9 Å². The van der Waals surface area contributed by atoms with Crippen LogP contribution in [-0.4, -0.2) is 34.5 Å². The van der Waals surface area contributed by atoms with Crippen LogP contribution in [0, 0.1) is 5.82 Å². The molecule has 0 unspecified atom stereocenters. The predicted molar refractivity (Wildman–Crippen MR) is 220 cm³/mol. The first-order valence-corrected chi connectivity index (χ1v) is 18.2. The van der Waals surface area contributed by atoms with Crippen molar-refractivity contribution in [2.45, 2.75) is 0 Å². The van der Waals surface area contributed by atoms with Crippen molar-refractivity contribution >= 4 is 21.8 Å². The molecular weight excluding hydrogens is 694 g/mol. The number of nitrogens with zero attached hydrogens (tertiary/aromatic N) is 7. The molecule has 0 saturated heterocycles. The Bertz CT molecular complexity index is 2970. The summed E-state index contributed by atoms with van der Waals surface area (Å²) in [4.78, 5) is 29.4. The average molecular weight is 724 g/mol. The summed E-state index contributed by atoms with van der Waals surface area (Å²) >= 11 is 0. The zero-order valence-corrected chi connectivity index (χ0v) is 29.8. The Morgan fingerprint density at radius 1 is 0.321 bits per heavy atom. The number of aromatic nitrogens is 7. The van der Waals surface area contributed by atoms with Gasteiger partial charge in [-0.25, -0.2) is 34.3 Å². The van der Waals surface area contributed by atoms with Gasteiger partial charge in [-0.3, -0.25) is 0 Å². The first-order chi connectivity index (χ1) is 27.7. The molecule has 3 aromatic heterocycles. The highest BCUT2D eigenvalue weighted by Crippen LogP contribution is 2.36. The lowest BCUT2D eigenvalue weighted by Crippen LogP contribution is -2.03. The summed E-state index contributed by atoms with van der Waals surface area (Å²) in [6.45, 7) is 0. The van der Waals surface area contributed by atoms with Crippen LogP contribution in [0.1, 0.15) is 0 Å². The van der Waals surface area contributed by atoms with Crippen molar-refractivity contribution < 1.29 is 4.39 Å². The Morgan fingerprint density at radius 3 is 1.29 bits per heavy atom. The maximum atomic E-state index is 16.1. The van der Waals surface area contributed by atoms with Gasteiger partial charge in [0.1, 0.15) is 5.82 Å². The minimum Gasteiger partial charge on any atom is -0.309 e. The molecule has 0 saturated carbocycles. The number of para-hydroxylation sites is 2. The van der Waals surface area contributed by atoms with Crippen molar-refractivity contribution in [2.24, 2.45) is 0 Å². The summed E-state index contributed by atoms with van der Waals surface area (Å²) in [6.07, 6.45) is 0. The standard InChI is InChI=1S/C48H30FN7/c49-40-28-26-34(46-51-43(31-15-5-1-6-16-31)50-44(52-46)32-17-7-2-8-18-32)29-39(40)48-54-45(33-19-9-3-10-20-33)53-47(55-48)35-25-27-38-37-23-13-14-24-41(37)56(42(38)30-35)36-21-11-4-12-22-36/h1-30H. The smallest absolute Gasteiger partial charge is 0.167 e. The SMILES string of the molecule is Fc1ccc(-c2nc(-c3ccccc3)nc(-c3ccccc3)n2)cc1-c1nc(-c2ccccc2)nc(-c2ccc3c4ccccc4n(-c4ccccc4)c3c2)n1. The first-order valence-electron chi connectivity index (χ1n) is 18.2. The van der Waals surface area contributed by atoms with E-state index in [-0.39, 0.29) is 11.4 Å². The molecule has 7 nitrogen and oxygen atoms in total. The zero-order valence-electron chi connectivity index (χ0n) is 29.8. The summed E-state index contributed by atoms with van der Waals surface area (Å²) in [6, 6.07) is 58.8. The molecule has 0 atom stereocenters. The monoisotopic (exact) mass is 723 g/mol. The molecule has 8 heteroatoms. The molecule has 3 heterocycles. The van der Waals surface area contributed by atoms with Crippen molar-refractivity contribution in [2.75, 3.05) is 0 Å². The lowest BCUT2D eigenvalue weighted by Gasteiger charge is -2.12. The van der Waals surface area contributed by atoms with Gasteiger partial charge in [0.15, 0.2) is 34.9 Å². The van der Waals surface area contributed by atoms with Gasteiger partial charge >= 0.3 is 0 Å². The molecule has 0 aliphatic heterocycles. The summed E-state index contributed by atoms with van der Waals surface area (Å²) < 4.78 is 18.4. The van der Waals surface area contributed by atoms with Gasteiger partial charge in [0.2, 0.25) is 0 Å². The van der Waals surface area contributed by atoms with E-state index in [0.29, 0.717) is 34.7 Å². The summed E-state index contributed by atoms with van der Waals surface area (Å²) in [5, 5.41) is 2.24. The van der Waals surface area contributed by atoms with Crippen LogP contribution in [-0.2, 0) is 0 Å². The van der Waals surface area contributed by atoms with Gasteiger partial charge in [-0.05, 0) is 42.5 Å². The molecule has 0 N–H and O–H groups in total. The Labute approximate surface area is 321 Å². The molecule has 0 radical (unpaired) electrons. The number of benzene rings is 7. The van der Waals surface area contributed by atoms with Crippen molar-refractivity contribution in [3.8, 4) is 74.0 Å². The van der Waals surface area contributed by atoms with Gasteiger partial charge < -0.3 is 4.57 Å². The van der Waals surface area contributed by atoms with Gasteiger partial charge in [0.05, 0.1) is 16.6 Å². The quantitative estimate of drug-likeness (QED) is 0.163. The van der Waals surface area contributed by atoms with Crippen molar-refractivity contribution in [3.63, 3.8) is 0 Å². The molecule has 56 heavy (non-hydrogen) atoms. The molecule has 10 aromatic rings. The third-order valence-corrected chi connectivity index (χ3v) is 9.78. The van der Waals surface area contributed by atoms with Crippen molar-refractivity contribution in [1.82, 2.24) is 34.5 Å². The minimum absolute atomic E-state index is 0.192. The third kappa shape index (κ3) is 6.05. The fraction of sp³-hybridized carbons (Fsp3) is 0.